The van der Waals surface area contributed by atoms with E-state index >= 15 is 0 Å². The summed E-state index contributed by atoms with van der Waals surface area (Å²) in [6.07, 6.45) is 4.73. The maximum atomic E-state index is 14.1. The van der Waals surface area contributed by atoms with E-state index in [-0.39, 0.29) is 29.0 Å². The minimum Gasteiger partial charge on any atom is -0.338 e. The number of carbonyl (C=O) groups is 2. The highest BCUT2D eigenvalue weighted by Gasteiger charge is 2.49. The summed E-state index contributed by atoms with van der Waals surface area (Å²) in [6.45, 7) is 7.55. The van der Waals surface area contributed by atoms with Gasteiger partial charge in [0.15, 0.2) is 5.69 Å². The van der Waals surface area contributed by atoms with E-state index in [0.29, 0.717) is 41.3 Å². The van der Waals surface area contributed by atoms with Crippen molar-refractivity contribution in [1.29, 1.82) is 0 Å². The molecule has 8 heteroatoms. The maximum Gasteiger partial charge on any atom is 0.275 e. The number of carbonyl (C=O) groups excluding carboxylic acids is 2. The summed E-state index contributed by atoms with van der Waals surface area (Å²) in [7, 11) is 0. The first kappa shape index (κ1) is 21.6. The summed E-state index contributed by atoms with van der Waals surface area (Å²) < 4.78 is 15.7. The van der Waals surface area contributed by atoms with Crippen LogP contribution in [0.4, 0.5) is 4.39 Å². The van der Waals surface area contributed by atoms with Gasteiger partial charge in [-0.05, 0) is 56.2 Å². The second-order valence-electron chi connectivity index (χ2n) is 9.08. The van der Waals surface area contributed by atoms with E-state index in [0.717, 1.165) is 12.8 Å². The molecule has 0 saturated carbocycles. The van der Waals surface area contributed by atoms with E-state index in [1.807, 2.05) is 30.0 Å². The lowest BCUT2D eigenvalue weighted by molar-refractivity contribution is -0.142. The van der Waals surface area contributed by atoms with Gasteiger partial charge >= 0.3 is 0 Å². The van der Waals surface area contributed by atoms with Crippen LogP contribution in [0.25, 0.3) is 16.6 Å². The zero-order chi connectivity index (χ0) is 23.3. The van der Waals surface area contributed by atoms with Crippen molar-refractivity contribution in [1.82, 2.24) is 19.4 Å². The van der Waals surface area contributed by atoms with Crippen molar-refractivity contribution in [3.8, 4) is 11.1 Å². The number of nitrogens with zero attached hydrogens (tertiary/aromatic N) is 4. The van der Waals surface area contributed by atoms with Crippen LogP contribution < -0.4 is 0 Å². The largest absolute Gasteiger partial charge is 0.338 e. The number of fused-ring (bicyclic) bond motifs is 1. The molecule has 2 aliphatic heterocycles. The molecule has 2 saturated heterocycles. The molecule has 4 heterocycles. The molecule has 1 atom stereocenters. The van der Waals surface area contributed by atoms with E-state index in [1.54, 1.807) is 15.6 Å². The lowest BCUT2D eigenvalue weighted by atomic mass is 9.69. The highest BCUT2D eigenvalue weighted by Crippen LogP contribution is 2.44. The molecule has 3 aromatic rings. The molecule has 0 N–H and O–H groups in total. The summed E-state index contributed by atoms with van der Waals surface area (Å²) in [5, 5.41) is 4.92. The molecule has 6 nitrogen and oxygen atoms in total. The molecule has 0 bridgehead atoms. The quantitative estimate of drug-likeness (QED) is 0.536. The Balaban J connectivity index is 1.47. The molecule has 1 aromatic carbocycles. The van der Waals surface area contributed by atoms with Gasteiger partial charge in [-0.1, -0.05) is 24.2 Å². The number of amides is 2. The van der Waals surface area contributed by atoms with Gasteiger partial charge in [0, 0.05) is 53.4 Å². The molecule has 5 rings (SSSR count). The van der Waals surface area contributed by atoms with E-state index < -0.39 is 5.82 Å². The van der Waals surface area contributed by atoms with Crippen molar-refractivity contribution < 1.29 is 14.0 Å². The van der Waals surface area contributed by atoms with Crippen molar-refractivity contribution in [3.63, 3.8) is 0 Å². The molecule has 2 aromatic heterocycles. The Bertz CT molecular complexity index is 1280. The average molecular weight is 467 g/mol. The number of halogens is 2. The SMILES string of the molecule is C=CC(=O)N1CC2(CCN(C(=O)c3nn4ccccc4c3-c3cc(F)ccc3Cl)[C@@H](C)C2)C1. The molecule has 170 valence electrons. The molecular weight excluding hydrogens is 443 g/mol. The van der Waals surface area contributed by atoms with Gasteiger partial charge in [0.1, 0.15) is 5.82 Å². The van der Waals surface area contributed by atoms with E-state index in [9.17, 15) is 14.0 Å². The molecule has 2 amide bonds. The van der Waals surface area contributed by atoms with Gasteiger partial charge in [0.2, 0.25) is 5.91 Å². The molecule has 0 radical (unpaired) electrons. The predicted octanol–water partition coefficient (Wildman–Crippen LogP) is 4.43. The van der Waals surface area contributed by atoms with Gasteiger partial charge in [0.05, 0.1) is 5.52 Å². The van der Waals surface area contributed by atoms with Crippen LogP contribution in [0.3, 0.4) is 0 Å². The third-order valence-corrected chi connectivity index (χ3v) is 7.21. The Morgan fingerprint density at radius 3 is 2.79 bits per heavy atom. The standard InChI is InChI=1S/C25H24ClFN4O2/c1-3-21(32)29-14-25(15-29)9-11-30(16(2)13-25)24(33)23-22(18-12-17(27)7-8-19(18)26)20-6-4-5-10-31(20)28-23/h3-8,10,12,16H,1,9,11,13-15H2,2H3/t16-/m0/s1. The third-order valence-electron chi connectivity index (χ3n) is 6.88. The highest BCUT2D eigenvalue weighted by atomic mass is 35.5. The second-order valence-corrected chi connectivity index (χ2v) is 9.49. The van der Waals surface area contributed by atoms with Crippen LogP contribution >= 0.6 is 11.6 Å². The molecule has 0 aliphatic carbocycles. The fourth-order valence-electron chi connectivity index (χ4n) is 5.29. The van der Waals surface area contributed by atoms with Crippen molar-refractivity contribution in [2.75, 3.05) is 19.6 Å². The third kappa shape index (κ3) is 3.60. The first-order valence-electron chi connectivity index (χ1n) is 11.0. The number of rotatable bonds is 3. The monoisotopic (exact) mass is 466 g/mol. The number of likely N-dealkylation sites (tertiary alicyclic amines) is 2. The molecule has 33 heavy (non-hydrogen) atoms. The fourth-order valence-corrected chi connectivity index (χ4v) is 5.51. The van der Waals surface area contributed by atoms with Gasteiger partial charge in [-0.25, -0.2) is 8.91 Å². The van der Waals surface area contributed by atoms with Crippen LogP contribution in [-0.2, 0) is 4.79 Å². The van der Waals surface area contributed by atoms with E-state index in [1.165, 1.54) is 24.3 Å². The van der Waals surface area contributed by atoms with Gasteiger partial charge in [-0.2, -0.15) is 5.10 Å². The lowest BCUT2D eigenvalue weighted by Crippen LogP contribution is -2.63. The summed E-state index contributed by atoms with van der Waals surface area (Å²) in [5.74, 6) is -0.678. The number of aromatic nitrogens is 2. The molecule has 2 aliphatic rings. The van der Waals surface area contributed by atoms with Crippen LogP contribution in [0.2, 0.25) is 5.02 Å². The highest BCUT2D eigenvalue weighted by molar-refractivity contribution is 6.34. The minimum absolute atomic E-state index is 0.0205. The predicted molar refractivity (Wildman–Crippen MR) is 125 cm³/mol. The molecular formula is C25H24ClFN4O2. The van der Waals surface area contributed by atoms with Crippen molar-refractivity contribution >= 4 is 28.9 Å². The lowest BCUT2D eigenvalue weighted by Gasteiger charge is -2.55. The Morgan fingerprint density at radius 2 is 2.06 bits per heavy atom. The number of hydrogen-bond donors (Lipinski definition) is 0. The van der Waals surface area contributed by atoms with Gasteiger partial charge < -0.3 is 9.80 Å². The molecule has 1 spiro atoms. The topological polar surface area (TPSA) is 57.9 Å². The van der Waals surface area contributed by atoms with E-state index in [4.69, 9.17) is 11.6 Å². The molecule has 2 fully saturated rings. The zero-order valence-electron chi connectivity index (χ0n) is 18.3. The smallest absolute Gasteiger partial charge is 0.275 e. The van der Waals surface area contributed by atoms with Crippen LogP contribution in [-0.4, -0.2) is 56.9 Å². The Morgan fingerprint density at radius 1 is 1.27 bits per heavy atom. The summed E-state index contributed by atoms with van der Waals surface area (Å²) in [6, 6.07) is 9.63. The van der Waals surface area contributed by atoms with Gasteiger partial charge in [-0.15, -0.1) is 0 Å². The fraction of sp³-hybridized carbons (Fsp3) is 0.320. The maximum absolute atomic E-state index is 14.1. The number of pyridine rings is 1. The Labute approximate surface area is 196 Å². The van der Waals surface area contributed by atoms with E-state index in [2.05, 4.69) is 11.7 Å². The number of benzene rings is 1. The number of piperidine rings is 1. The normalized spacial score (nSPS) is 19.5. The molecule has 0 unspecified atom stereocenters. The van der Waals surface area contributed by atoms with Crippen molar-refractivity contribution in [3.05, 3.63) is 71.8 Å². The minimum atomic E-state index is -0.431. The summed E-state index contributed by atoms with van der Waals surface area (Å²) in [4.78, 5) is 29.2. The number of hydrogen-bond acceptors (Lipinski definition) is 3. The summed E-state index contributed by atoms with van der Waals surface area (Å²) in [5.41, 5.74) is 1.96. The first-order valence-corrected chi connectivity index (χ1v) is 11.3. The first-order chi connectivity index (χ1) is 15.8. The van der Waals surface area contributed by atoms with Crippen LogP contribution in [0.5, 0.6) is 0 Å². The van der Waals surface area contributed by atoms with Crippen molar-refractivity contribution in [2.45, 2.75) is 25.8 Å². The van der Waals surface area contributed by atoms with Crippen molar-refractivity contribution in [2.24, 2.45) is 5.41 Å². The average Bonchev–Trinajstić information content (AvgIpc) is 3.17. The Hall–Kier alpha value is -3.19. The summed E-state index contributed by atoms with van der Waals surface area (Å²) >= 11 is 6.43. The second kappa shape index (κ2) is 7.99. The van der Waals surface area contributed by atoms with Gasteiger partial charge in [-0.3, -0.25) is 9.59 Å². The van der Waals surface area contributed by atoms with Crippen LogP contribution in [0.1, 0.15) is 30.3 Å². The van der Waals surface area contributed by atoms with Crippen LogP contribution in [0, 0.1) is 11.2 Å². The van der Waals surface area contributed by atoms with Crippen LogP contribution in [0.15, 0.2) is 55.3 Å². The van der Waals surface area contributed by atoms with Gasteiger partial charge in [0.25, 0.3) is 5.91 Å². The Kier molecular flexibility index (Phi) is 5.24. The zero-order valence-corrected chi connectivity index (χ0v) is 19.1.